The van der Waals surface area contributed by atoms with E-state index in [4.69, 9.17) is 33.5 Å². The second-order valence-corrected chi connectivity index (χ2v) is 11.7. The summed E-state index contributed by atoms with van der Waals surface area (Å²) in [7, 11) is 0. The Hall–Kier alpha value is -1.33. The molecule has 3 aliphatic heterocycles. The number of ether oxygens (including phenoxy) is 6. The van der Waals surface area contributed by atoms with Gasteiger partial charge in [0.1, 0.15) is 97.6 Å². The molecule has 0 saturated carbocycles. The second-order valence-electron chi connectivity index (χ2n) is 11.7. The van der Waals surface area contributed by atoms with Crippen LogP contribution in [0.15, 0.2) is 0 Å². The highest BCUT2D eigenvalue weighted by Crippen LogP contribution is 2.31. The Kier molecular flexibility index (Phi) is 15.6. The molecule has 0 bridgehead atoms. The van der Waals surface area contributed by atoms with Gasteiger partial charge in [-0.3, -0.25) is 4.79 Å². The van der Waals surface area contributed by atoms with Gasteiger partial charge in [-0.05, 0) is 0 Å². The fourth-order valence-electron chi connectivity index (χ4n) is 5.44. The van der Waals surface area contributed by atoms with E-state index in [2.05, 4.69) is 5.32 Å². The van der Waals surface area contributed by atoms with Gasteiger partial charge in [0.05, 0.1) is 33.0 Å². The van der Waals surface area contributed by atoms with Crippen molar-refractivity contribution in [3.63, 3.8) is 0 Å². The van der Waals surface area contributed by atoms with Crippen molar-refractivity contribution in [2.45, 2.75) is 123 Å². The summed E-state index contributed by atoms with van der Waals surface area (Å²) in [5.74, 6) is -0.719. The minimum Gasteiger partial charge on any atom is -0.394 e. The summed E-state index contributed by atoms with van der Waals surface area (Å²) >= 11 is 0. The summed E-state index contributed by atoms with van der Waals surface area (Å²) < 4.78 is 33.1. The summed E-state index contributed by atoms with van der Waals surface area (Å²) in [6.45, 7) is -3.34. The average Bonchev–Trinajstić information content (AvgIpc) is 3.07. The lowest BCUT2D eigenvalue weighted by Gasteiger charge is -2.47. The van der Waals surface area contributed by atoms with Gasteiger partial charge in [-0.2, -0.15) is 0 Å². The van der Waals surface area contributed by atoms with Gasteiger partial charge >= 0.3 is 0 Å². The molecule has 3 rings (SSSR count). The maximum atomic E-state index is 12.0. The van der Waals surface area contributed by atoms with E-state index in [9.17, 15) is 71.2 Å². The molecule has 1 amide bonds. The molecule has 0 spiro atoms. The zero-order chi connectivity index (χ0) is 36.0. The summed E-state index contributed by atoms with van der Waals surface area (Å²) in [6, 6.07) is -1.51. The molecule has 0 aromatic heterocycles. The Morgan fingerprint density at radius 1 is 0.667 bits per heavy atom. The van der Waals surface area contributed by atoms with Gasteiger partial charge in [0.25, 0.3) is 0 Å². The molecule has 3 heterocycles. The van der Waals surface area contributed by atoms with Crippen LogP contribution in [0.2, 0.25) is 0 Å². The lowest BCUT2D eigenvalue weighted by atomic mass is 9.95. The van der Waals surface area contributed by atoms with Gasteiger partial charge < -0.3 is 105 Å². The molecule has 0 aliphatic carbocycles. The number of carbonyl (C=O) groups is 1. The highest BCUT2D eigenvalue weighted by molar-refractivity contribution is 5.73. The van der Waals surface area contributed by atoms with Gasteiger partial charge in [0, 0.05) is 6.92 Å². The maximum absolute atomic E-state index is 12.0. The minimum absolute atomic E-state index is 0.719. The summed E-state index contributed by atoms with van der Waals surface area (Å²) in [5.41, 5.74) is 0. The first-order valence-electron chi connectivity index (χ1n) is 15.0. The van der Waals surface area contributed by atoms with Gasteiger partial charge in [-0.1, -0.05) is 0 Å². The van der Waals surface area contributed by atoms with Crippen LogP contribution in [0.3, 0.4) is 0 Å². The van der Waals surface area contributed by atoms with Crippen LogP contribution in [0.25, 0.3) is 0 Å². The quantitative estimate of drug-likeness (QED) is 0.0750. The molecule has 0 radical (unpaired) electrons. The Balaban J connectivity index is 1.77. The summed E-state index contributed by atoms with van der Waals surface area (Å²) in [6.07, 6.45) is -32.3. The number of hydrogen-bond acceptors (Lipinski definition) is 21. The maximum Gasteiger partial charge on any atom is 0.217 e. The van der Waals surface area contributed by atoms with Gasteiger partial charge in [-0.15, -0.1) is 0 Å². The van der Waals surface area contributed by atoms with Gasteiger partial charge in [-0.25, -0.2) is 0 Å². The van der Waals surface area contributed by atoms with Crippen LogP contribution in [0, 0.1) is 0 Å². The van der Waals surface area contributed by atoms with E-state index in [0.717, 1.165) is 6.92 Å². The highest BCUT2D eigenvalue weighted by atomic mass is 16.7. The lowest BCUT2D eigenvalue weighted by Crippen LogP contribution is -2.68. The van der Waals surface area contributed by atoms with Crippen molar-refractivity contribution in [1.82, 2.24) is 5.32 Å². The smallest absolute Gasteiger partial charge is 0.217 e. The molecule has 3 saturated heterocycles. The van der Waals surface area contributed by atoms with Crippen LogP contribution in [-0.2, 0) is 33.2 Å². The molecular weight excluding hydrogens is 662 g/mol. The lowest BCUT2D eigenvalue weighted by molar-refractivity contribution is -0.356. The normalized spacial score (nSPS) is 43.3. The number of aliphatic hydroxyl groups is 14. The predicted molar refractivity (Wildman–Crippen MR) is 148 cm³/mol. The third-order valence-corrected chi connectivity index (χ3v) is 8.23. The molecule has 0 aromatic carbocycles. The number of carbonyl (C=O) groups excluding carboxylic acids is 1. The van der Waals surface area contributed by atoms with Crippen LogP contribution >= 0.6 is 0 Å². The first-order chi connectivity index (χ1) is 22.6. The number of amides is 1. The molecule has 282 valence electrons. The molecule has 22 heteroatoms. The fourth-order valence-corrected chi connectivity index (χ4v) is 5.44. The zero-order valence-electron chi connectivity index (χ0n) is 25.6. The van der Waals surface area contributed by atoms with E-state index >= 15 is 0 Å². The van der Waals surface area contributed by atoms with E-state index in [1.165, 1.54) is 0 Å². The SMILES string of the molecule is CC(=O)N[C@H]1[C@H](OC[C@H]2O[C@@H](O[C@@H]([C@H](O)[C@@H](O)CO)[C@H](O)CO)[C@H](O)[C@@H](O)[C@H]2O)O[C@H](CO)[C@@H](O[C@@H]2O[C@H](CO)[C@H](O)[C@H](O)[C@H]2O)[C@@H]1O. The summed E-state index contributed by atoms with van der Waals surface area (Å²) in [4.78, 5) is 12.0. The Labute approximate surface area is 272 Å². The zero-order valence-corrected chi connectivity index (χ0v) is 25.6. The molecule has 3 fully saturated rings. The molecule has 48 heavy (non-hydrogen) atoms. The van der Waals surface area contributed by atoms with Crippen molar-refractivity contribution in [2.24, 2.45) is 0 Å². The standard InChI is InChI=1S/C26H47NO21/c1-7(32)27-13-17(38)23(48-25-20(41)18(39)15(36)10(4-30)44-25)11(5-31)45-24(13)43-6-12-16(37)19(40)21(42)26(46-12)47-22(9(34)3-29)14(35)8(33)2-28/h8-26,28-31,33-42H,2-6H2,1H3,(H,27,32)/t8-,9+,10+,11+,12+,13+,14+,15-,16-,17+,18-,19-,20+,21+,22+,23+,24+,25-,26-/m0/s1. The fraction of sp³-hybridized carbons (Fsp3) is 0.962. The van der Waals surface area contributed by atoms with Gasteiger partial charge in [0.2, 0.25) is 5.91 Å². The Morgan fingerprint density at radius 3 is 1.73 bits per heavy atom. The van der Waals surface area contributed by atoms with Crippen molar-refractivity contribution in [1.29, 1.82) is 0 Å². The van der Waals surface area contributed by atoms with Gasteiger partial charge in [0.15, 0.2) is 18.9 Å². The third-order valence-electron chi connectivity index (χ3n) is 8.23. The topological polar surface area (TPSA) is 368 Å². The van der Waals surface area contributed by atoms with Crippen LogP contribution in [0.4, 0.5) is 0 Å². The van der Waals surface area contributed by atoms with Crippen LogP contribution in [-0.4, -0.2) is 227 Å². The van der Waals surface area contributed by atoms with Crippen molar-refractivity contribution < 1.29 is 105 Å². The first kappa shape index (κ1) is 41.1. The molecular formula is C26H47NO21. The van der Waals surface area contributed by atoms with E-state index < -0.39 is 155 Å². The predicted octanol–water partition coefficient (Wildman–Crippen LogP) is -9.97. The van der Waals surface area contributed by atoms with E-state index in [1.54, 1.807) is 0 Å². The highest BCUT2D eigenvalue weighted by Gasteiger charge is 2.52. The van der Waals surface area contributed by atoms with Crippen LogP contribution in [0.5, 0.6) is 0 Å². The molecule has 22 nitrogen and oxygen atoms in total. The van der Waals surface area contributed by atoms with Crippen LogP contribution in [0.1, 0.15) is 6.92 Å². The van der Waals surface area contributed by atoms with E-state index in [-0.39, 0.29) is 0 Å². The number of aliphatic hydroxyl groups excluding tert-OH is 14. The largest absolute Gasteiger partial charge is 0.394 e. The number of hydrogen-bond donors (Lipinski definition) is 15. The minimum atomic E-state index is -2.03. The third kappa shape index (κ3) is 9.31. The monoisotopic (exact) mass is 709 g/mol. The Morgan fingerprint density at radius 2 is 1.19 bits per heavy atom. The molecule has 15 N–H and O–H groups in total. The van der Waals surface area contributed by atoms with E-state index in [1.807, 2.05) is 0 Å². The van der Waals surface area contributed by atoms with Crippen molar-refractivity contribution in [3.8, 4) is 0 Å². The van der Waals surface area contributed by atoms with Crippen LogP contribution < -0.4 is 5.32 Å². The second kappa shape index (κ2) is 18.2. The molecule has 19 atom stereocenters. The number of nitrogens with one attached hydrogen (secondary N) is 1. The number of rotatable bonds is 15. The van der Waals surface area contributed by atoms with E-state index in [0.29, 0.717) is 0 Å². The molecule has 0 aromatic rings. The first-order valence-corrected chi connectivity index (χ1v) is 15.0. The molecule has 0 unspecified atom stereocenters. The Bertz CT molecular complexity index is 982. The van der Waals surface area contributed by atoms with Crippen molar-refractivity contribution in [2.75, 3.05) is 33.0 Å². The average molecular weight is 710 g/mol. The van der Waals surface area contributed by atoms with Crippen molar-refractivity contribution in [3.05, 3.63) is 0 Å². The van der Waals surface area contributed by atoms with Crippen molar-refractivity contribution >= 4 is 5.91 Å². The molecule has 3 aliphatic rings. The summed E-state index contributed by atoms with van der Waals surface area (Å²) in [5, 5.41) is 144.